The molecule has 21 heavy (non-hydrogen) atoms. The van der Waals surface area contributed by atoms with Gasteiger partial charge in [0.25, 0.3) is 0 Å². The van der Waals surface area contributed by atoms with Crippen molar-refractivity contribution < 1.29 is 4.92 Å². The normalized spacial score (nSPS) is 10.9. The molecule has 106 valence electrons. The van der Waals surface area contributed by atoms with E-state index in [1.165, 1.54) is 0 Å². The molecule has 0 fully saturated rings. The molecule has 0 amide bonds. The zero-order chi connectivity index (χ0) is 15.0. The number of rotatable bonds is 3. The van der Waals surface area contributed by atoms with Crippen molar-refractivity contribution in [2.45, 2.75) is 6.54 Å². The number of nitrogens with one attached hydrogen (secondary N) is 1. The third-order valence-corrected chi connectivity index (χ3v) is 2.94. The average Bonchev–Trinajstić information content (AvgIpc) is 2.83. The summed E-state index contributed by atoms with van der Waals surface area (Å²) in [5.41, 5.74) is -1.18. The van der Waals surface area contributed by atoms with Crippen LogP contribution in [0.1, 0.15) is 5.69 Å². The minimum absolute atomic E-state index is 0.0259. The Hall–Kier alpha value is -3.23. The second kappa shape index (κ2) is 4.71. The standard InChI is InChI=1S/C12H9N5O4/c18-11-9(17(20)21)7-16(12(19)14-11)6-8-5-15-4-2-1-3-10(15)13-8/h1-5,7H,6H2,(H,14,18,19). The number of aromatic nitrogens is 4. The zero-order valence-corrected chi connectivity index (χ0v) is 10.6. The molecule has 0 saturated heterocycles. The second-order valence-corrected chi connectivity index (χ2v) is 4.36. The highest BCUT2D eigenvalue weighted by atomic mass is 16.6. The maximum Gasteiger partial charge on any atom is 0.350 e. The summed E-state index contributed by atoms with van der Waals surface area (Å²) in [4.78, 5) is 39.1. The van der Waals surface area contributed by atoms with E-state index in [0.29, 0.717) is 11.3 Å². The maximum absolute atomic E-state index is 11.7. The molecule has 0 unspecified atom stereocenters. The zero-order valence-electron chi connectivity index (χ0n) is 10.6. The largest absolute Gasteiger partial charge is 0.350 e. The van der Waals surface area contributed by atoms with Crippen molar-refractivity contribution >= 4 is 11.3 Å². The van der Waals surface area contributed by atoms with Gasteiger partial charge >= 0.3 is 16.9 Å². The number of nitrogens with zero attached hydrogens (tertiary/aromatic N) is 4. The van der Waals surface area contributed by atoms with E-state index >= 15 is 0 Å². The number of nitro groups is 1. The molecule has 0 radical (unpaired) electrons. The molecule has 0 spiro atoms. The number of imidazole rings is 1. The SMILES string of the molecule is O=c1[nH]c(=O)n(Cc2cn3ccccc3n2)cc1[N+](=O)[O-]. The fraction of sp³-hybridized carbons (Fsp3) is 0.0833. The summed E-state index contributed by atoms with van der Waals surface area (Å²) in [5, 5.41) is 10.7. The second-order valence-electron chi connectivity index (χ2n) is 4.36. The van der Waals surface area contributed by atoms with Crippen molar-refractivity contribution in [3.8, 4) is 0 Å². The molecular weight excluding hydrogens is 278 g/mol. The van der Waals surface area contributed by atoms with Crippen LogP contribution in [-0.4, -0.2) is 23.9 Å². The van der Waals surface area contributed by atoms with Crippen molar-refractivity contribution in [2.75, 3.05) is 0 Å². The molecule has 3 aromatic rings. The molecule has 1 N–H and O–H groups in total. The highest BCUT2D eigenvalue weighted by Gasteiger charge is 2.15. The number of hydrogen-bond donors (Lipinski definition) is 1. The summed E-state index contributed by atoms with van der Waals surface area (Å²) in [6, 6.07) is 5.44. The fourth-order valence-electron chi connectivity index (χ4n) is 1.98. The van der Waals surface area contributed by atoms with Crippen LogP contribution in [0.4, 0.5) is 5.69 Å². The maximum atomic E-state index is 11.7. The summed E-state index contributed by atoms with van der Waals surface area (Å²) in [7, 11) is 0. The number of H-pyrrole nitrogens is 1. The van der Waals surface area contributed by atoms with E-state index in [2.05, 4.69) is 4.98 Å². The van der Waals surface area contributed by atoms with Crippen LogP contribution in [0, 0.1) is 10.1 Å². The van der Waals surface area contributed by atoms with E-state index < -0.39 is 21.9 Å². The molecule has 0 bridgehead atoms. The minimum atomic E-state index is -1.02. The van der Waals surface area contributed by atoms with Gasteiger partial charge in [-0.1, -0.05) is 6.07 Å². The molecule has 3 heterocycles. The predicted molar refractivity (Wildman–Crippen MR) is 72.3 cm³/mol. The molecule has 3 rings (SSSR count). The molecule has 0 saturated carbocycles. The minimum Gasteiger partial charge on any atom is -0.307 e. The Morgan fingerprint density at radius 1 is 1.29 bits per heavy atom. The van der Waals surface area contributed by atoms with Gasteiger partial charge < -0.3 is 4.40 Å². The van der Waals surface area contributed by atoms with Crippen molar-refractivity contribution in [2.24, 2.45) is 0 Å². The van der Waals surface area contributed by atoms with E-state index in [0.717, 1.165) is 10.8 Å². The van der Waals surface area contributed by atoms with E-state index in [9.17, 15) is 19.7 Å². The van der Waals surface area contributed by atoms with Gasteiger partial charge in [0.05, 0.1) is 23.4 Å². The summed E-state index contributed by atoms with van der Waals surface area (Å²) in [5.74, 6) is 0. The van der Waals surface area contributed by atoms with Gasteiger partial charge in [-0.3, -0.25) is 24.5 Å². The number of aromatic amines is 1. The summed E-state index contributed by atoms with van der Waals surface area (Å²) >= 11 is 0. The number of pyridine rings is 1. The molecule has 0 aliphatic heterocycles. The lowest BCUT2D eigenvalue weighted by atomic mass is 10.4. The highest BCUT2D eigenvalue weighted by molar-refractivity contribution is 5.39. The first kappa shape index (κ1) is 12.8. The van der Waals surface area contributed by atoms with Crippen LogP contribution >= 0.6 is 0 Å². The average molecular weight is 287 g/mol. The van der Waals surface area contributed by atoms with Crippen molar-refractivity contribution in [3.63, 3.8) is 0 Å². The molecule has 3 aromatic heterocycles. The Morgan fingerprint density at radius 3 is 2.81 bits per heavy atom. The van der Waals surface area contributed by atoms with Crippen LogP contribution in [0.2, 0.25) is 0 Å². The van der Waals surface area contributed by atoms with Gasteiger partial charge in [0.1, 0.15) is 5.65 Å². The van der Waals surface area contributed by atoms with Gasteiger partial charge in [-0.05, 0) is 12.1 Å². The Morgan fingerprint density at radius 2 is 2.10 bits per heavy atom. The van der Waals surface area contributed by atoms with Crippen molar-refractivity contribution in [1.82, 2.24) is 18.9 Å². The Kier molecular flexibility index (Phi) is 2.87. The van der Waals surface area contributed by atoms with Crippen LogP contribution in [-0.2, 0) is 6.54 Å². The summed E-state index contributed by atoms with van der Waals surface area (Å²) < 4.78 is 2.81. The predicted octanol–water partition coefficient (Wildman–Crippen LogP) is 0.141. The molecule has 0 aliphatic rings. The lowest BCUT2D eigenvalue weighted by Crippen LogP contribution is -2.31. The molecule has 9 nitrogen and oxygen atoms in total. The molecule has 9 heteroatoms. The first-order valence-corrected chi connectivity index (χ1v) is 5.95. The van der Waals surface area contributed by atoms with Crippen LogP contribution in [0.15, 0.2) is 46.4 Å². The first-order chi connectivity index (χ1) is 10.0. The van der Waals surface area contributed by atoms with Gasteiger partial charge in [-0.25, -0.2) is 9.78 Å². The highest BCUT2D eigenvalue weighted by Crippen LogP contribution is 2.06. The molecule has 0 atom stereocenters. The third-order valence-electron chi connectivity index (χ3n) is 2.94. The van der Waals surface area contributed by atoms with E-state index in [4.69, 9.17) is 0 Å². The van der Waals surface area contributed by atoms with Gasteiger partial charge in [-0.15, -0.1) is 0 Å². The number of fused-ring (bicyclic) bond motifs is 1. The lowest BCUT2D eigenvalue weighted by Gasteiger charge is -2.01. The summed E-state index contributed by atoms with van der Waals surface area (Å²) in [6.07, 6.45) is 4.42. The molecule has 0 aromatic carbocycles. The smallest absolute Gasteiger partial charge is 0.307 e. The monoisotopic (exact) mass is 287 g/mol. The lowest BCUT2D eigenvalue weighted by molar-refractivity contribution is -0.386. The molecular formula is C12H9N5O4. The van der Waals surface area contributed by atoms with Crippen LogP contribution < -0.4 is 11.2 Å². The Labute approximate surface area is 116 Å². The van der Waals surface area contributed by atoms with E-state index in [1.807, 2.05) is 17.1 Å². The van der Waals surface area contributed by atoms with Crippen LogP contribution in [0.25, 0.3) is 5.65 Å². The van der Waals surface area contributed by atoms with Crippen molar-refractivity contribution in [3.05, 3.63) is 73.4 Å². The van der Waals surface area contributed by atoms with Crippen LogP contribution in [0.3, 0.4) is 0 Å². The van der Waals surface area contributed by atoms with Gasteiger partial charge in [-0.2, -0.15) is 0 Å². The van der Waals surface area contributed by atoms with Gasteiger partial charge in [0.2, 0.25) is 0 Å². The van der Waals surface area contributed by atoms with Gasteiger partial charge in [0, 0.05) is 12.4 Å². The third kappa shape index (κ3) is 2.31. The number of hydrogen-bond acceptors (Lipinski definition) is 5. The fourth-order valence-corrected chi connectivity index (χ4v) is 1.98. The Bertz CT molecular complexity index is 919. The topological polar surface area (TPSA) is 115 Å². The quantitative estimate of drug-likeness (QED) is 0.543. The van der Waals surface area contributed by atoms with Crippen LogP contribution in [0.5, 0.6) is 0 Å². The van der Waals surface area contributed by atoms with E-state index in [1.54, 1.807) is 22.9 Å². The first-order valence-electron chi connectivity index (χ1n) is 5.95. The molecule has 0 aliphatic carbocycles. The Balaban J connectivity index is 2.05. The van der Waals surface area contributed by atoms with Crippen molar-refractivity contribution in [1.29, 1.82) is 0 Å². The van der Waals surface area contributed by atoms with Gasteiger partial charge in [0.15, 0.2) is 0 Å². The summed E-state index contributed by atoms with van der Waals surface area (Å²) in [6.45, 7) is 0.0259. The van der Waals surface area contributed by atoms with E-state index in [-0.39, 0.29) is 6.54 Å².